The number of carboxylic acid groups (broad SMARTS) is 1. The van der Waals surface area contributed by atoms with E-state index in [-0.39, 0.29) is 0 Å². The standard InChI is InChI=1S/C16H22N2O3/c19-16(20)15-11-13-3-1-2-4-14(13)12-18(15)6-5-17-7-9-21-10-8-17/h1-4,15H,5-12H2,(H,19,20)/t15-/m0/s1. The molecule has 0 bridgehead atoms. The van der Waals surface area contributed by atoms with E-state index in [2.05, 4.69) is 15.9 Å². The molecule has 1 fully saturated rings. The van der Waals surface area contributed by atoms with Crippen LogP contribution in [0.5, 0.6) is 0 Å². The van der Waals surface area contributed by atoms with Crippen molar-refractivity contribution in [2.75, 3.05) is 39.4 Å². The third-order valence-electron chi connectivity index (χ3n) is 4.44. The molecule has 5 nitrogen and oxygen atoms in total. The molecule has 0 amide bonds. The monoisotopic (exact) mass is 290 g/mol. The first-order valence-electron chi connectivity index (χ1n) is 7.58. The molecular formula is C16H22N2O3. The molecule has 1 aromatic rings. The molecule has 1 aromatic carbocycles. The van der Waals surface area contributed by atoms with Crippen molar-refractivity contribution in [3.63, 3.8) is 0 Å². The zero-order valence-electron chi connectivity index (χ0n) is 12.2. The van der Waals surface area contributed by atoms with Gasteiger partial charge in [0, 0.05) is 32.7 Å². The maximum atomic E-state index is 11.6. The van der Waals surface area contributed by atoms with Gasteiger partial charge in [-0.3, -0.25) is 14.6 Å². The second-order valence-corrected chi connectivity index (χ2v) is 5.75. The van der Waals surface area contributed by atoms with Gasteiger partial charge in [-0.15, -0.1) is 0 Å². The number of nitrogens with zero attached hydrogens (tertiary/aromatic N) is 2. The van der Waals surface area contributed by atoms with Crippen LogP contribution in [0.25, 0.3) is 0 Å². The summed E-state index contributed by atoms with van der Waals surface area (Å²) in [5.41, 5.74) is 2.43. The summed E-state index contributed by atoms with van der Waals surface area (Å²) in [5, 5.41) is 9.50. The Hall–Kier alpha value is -1.43. The highest BCUT2D eigenvalue weighted by Crippen LogP contribution is 2.23. The first-order chi connectivity index (χ1) is 10.2. The van der Waals surface area contributed by atoms with Crippen molar-refractivity contribution in [3.05, 3.63) is 35.4 Å². The van der Waals surface area contributed by atoms with Crippen molar-refractivity contribution >= 4 is 5.97 Å². The minimum Gasteiger partial charge on any atom is -0.480 e. The first kappa shape index (κ1) is 14.5. The molecule has 2 aliphatic rings. The molecule has 0 aliphatic carbocycles. The second kappa shape index (κ2) is 6.56. The minimum atomic E-state index is -0.716. The van der Waals surface area contributed by atoms with Gasteiger partial charge >= 0.3 is 5.97 Å². The largest absolute Gasteiger partial charge is 0.480 e. The highest BCUT2D eigenvalue weighted by atomic mass is 16.5. The lowest BCUT2D eigenvalue weighted by Gasteiger charge is -2.36. The van der Waals surface area contributed by atoms with Crippen LogP contribution >= 0.6 is 0 Å². The summed E-state index contributed by atoms with van der Waals surface area (Å²) in [5.74, 6) is -0.716. The number of hydrogen-bond acceptors (Lipinski definition) is 4. The number of aliphatic carboxylic acids is 1. The van der Waals surface area contributed by atoms with Crippen LogP contribution in [-0.4, -0.2) is 66.3 Å². The Morgan fingerprint density at radius 3 is 2.62 bits per heavy atom. The van der Waals surface area contributed by atoms with E-state index in [0.29, 0.717) is 6.42 Å². The van der Waals surface area contributed by atoms with E-state index in [1.807, 2.05) is 18.2 Å². The topological polar surface area (TPSA) is 53.0 Å². The predicted molar refractivity (Wildman–Crippen MR) is 79.2 cm³/mol. The Morgan fingerprint density at radius 1 is 1.19 bits per heavy atom. The normalized spacial score (nSPS) is 23.7. The molecule has 0 aromatic heterocycles. The number of fused-ring (bicyclic) bond motifs is 1. The van der Waals surface area contributed by atoms with Crippen molar-refractivity contribution in [1.29, 1.82) is 0 Å². The van der Waals surface area contributed by atoms with Crippen LogP contribution < -0.4 is 0 Å². The third-order valence-corrected chi connectivity index (χ3v) is 4.44. The van der Waals surface area contributed by atoms with Crippen LogP contribution in [0, 0.1) is 0 Å². The number of ether oxygens (including phenoxy) is 1. The summed E-state index contributed by atoms with van der Waals surface area (Å²) in [4.78, 5) is 16.0. The molecule has 2 aliphatic heterocycles. The first-order valence-corrected chi connectivity index (χ1v) is 7.58. The zero-order chi connectivity index (χ0) is 14.7. The molecule has 1 atom stereocenters. The fraction of sp³-hybridized carbons (Fsp3) is 0.562. The van der Waals surface area contributed by atoms with Gasteiger partial charge in [0.1, 0.15) is 6.04 Å². The molecule has 0 saturated carbocycles. The fourth-order valence-electron chi connectivity index (χ4n) is 3.15. The molecule has 1 N–H and O–H groups in total. The van der Waals surface area contributed by atoms with Gasteiger partial charge in [-0.05, 0) is 17.5 Å². The van der Waals surface area contributed by atoms with Gasteiger partial charge in [0.2, 0.25) is 0 Å². The van der Waals surface area contributed by atoms with Crippen LogP contribution in [0.15, 0.2) is 24.3 Å². The Kier molecular flexibility index (Phi) is 4.53. The van der Waals surface area contributed by atoms with Gasteiger partial charge in [0.25, 0.3) is 0 Å². The number of morpholine rings is 1. The van der Waals surface area contributed by atoms with E-state index in [1.54, 1.807) is 0 Å². The Balaban J connectivity index is 1.66. The summed E-state index contributed by atoms with van der Waals surface area (Å²) in [6.07, 6.45) is 0.606. The summed E-state index contributed by atoms with van der Waals surface area (Å²) >= 11 is 0. The quantitative estimate of drug-likeness (QED) is 0.890. The highest BCUT2D eigenvalue weighted by Gasteiger charge is 2.31. The highest BCUT2D eigenvalue weighted by molar-refractivity contribution is 5.74. The van der Waals surface area contributed by atoms with Gasteiger partial charge in [-0.25, -0.2) is 0 Å². The van der Waals surface area contributed by atoms with Crippen molar-refractivity contribution in [1.82, 2.24) is 9.80 Å². The summed E-state index contributed by atoms with van der Waals surface area (Å²) < 4.78 is 5.35. The second-order valence-electron chi connectivity index (χ2n) is 5.75. The van der Waals surface area contributed by atoms with Gasteiger partial charge < -0.3 is 9.84 Å². The van der Waals surface area contributed by atoms with Crippen LogP contribution in [0.2, 0.25) is 0 Å². The number of carboxylic acids is 1. The van der Waals surface area contributed by atoms with Crippen LogP contribution in [-0.2, 0) is 22.5 Å². The SMILES string of the molecule is O=C(O)[C@@H]1Cc2ccccc2CN1CCN1CCOCC1. The van der Waals surface area contributed by atoms with E-state index in [1.165, 1.54) is 11.1 Å². The Labute approximate surface area is 125 Å². The molecule has 21 heavy (non-hydrogen) atoms. The van der Waals surface area contributed by atoms with Crippen molar-refractivity contribution in [2.45, 2.75) is 19.0 Å². The molecular weight excluding hydrogens is 268 g/mol. The van der Waals surface area contributed by atoms with Gasteiger partial charge in [-0.2, -0.15) is 0 Å². The van der Waals surface area contributed by atoms with Crippen molar-refractivity contribution < 1.29 is 14.6 Å². The van der Waals surface area contributed by atoms with E-state index in [4.69, 9.17) is 4.74 Å². The van der Waals surface area contributed by atoms with E-state index in [0.717, 1.165) is 45.9 Å². The van der Waals surface area contributed by atoms with Gasteiger partial charge in [-0.1, -0.05) is 24.3 Å². The third kappa shape index (κ3) is 3.43. The average molecular weight is 290 g/mol. The van der Waals surface area contributed by atoms with Crippen molar-refractivity contribution in [2.24, 2.45) is 0 Å². The Morgan fingerprint density at radius 2 is 1.90 bits per heavy atom. The van der Waals surface area contributed by atoms with Crippen LogP contribution in [0.3, 0.4) is 0 Å². The van der Waals surface area contributed by atoms with E-state index in [9.17, 15) is 9.90 Å². The molecule has 1 saturated heterocycles. The van der Waals surface area contributed by atoms with Gasteiger partial charge in [0.15, 0.2) is 0 Å². The van der Waals surface area contributed by atoms with Gasteiger partial charge in [0.05, 0.1) is 13.2 Å². The van der Waals surface area contributed by atoms with Crippen LogP contribution in [0.4, 0.5) is 0 Å². The minimum absolute atomic E-state index is 0.402. The number of hydrogen-bond donors (Lipinski definition) is 1. The maximum absolute atomic E-state index is 11.6. The molecule has 0 radical (unpaired) electrons. The molecule has 0 unspecified atom stereocenters. The van der Waals surface area contributed by atoms with Crippen LogP contribution in [0.1, 0.15) is 11.1 Å². The lowest BCUT2D eigenvalue weighted by atomic mass is 9.94. The Bertz CT molecular complexity index is 500. The molecule has 2 heterocycles. The maximum Gasteiger partial charge on any atom is 0.321 e. The summed E-state index contributed by atoms with van der Waals surface area (Å²) in [6.45, 7) is 5.90. The predicted octanol–water partition coefficient (Wildman–Crippen LogP) is 0.830. The lowest BCUT2D eigenvalue weighted by Crippen LogP contribution is -2.49. The number of carbonyl (C=O) groups is 1. The van der Waals surface area contributed by atoms with Crippen molar-refractivity contribution in [3.8, 4) is 0 Å². The van der Waals surface area contributed by atoms with E-state index >= 15 is 0 Å². The van der Waals surface area contributed by atoms with E-state index < -0.39 is 12.0 Å². The number of rotatable bonds is 4. The zero-order valence-corrected chi connectivity index (χ0v) is 12.2. The average Bonchev–Trinajstić information content (AvgIpc) is 2.53. The molecule has 3 rings (SSSR count). The molecule has 5 heteroatoms. The number of benzene rings is 1. The fourth-order valence-corrected chi connectivity index (χ4v) is 3.15. The summed E-state index contributed by atoms with van der Waals surface area (Å²) in [6, 6.07) is 7.77. The summed E-state index contributed by atoms with van der Waals surface area (Å²) in [7, 11) is 0. The smallest absolute Gasteiger partial charge is 0.321 e. The molecule has 0 spiro atoms. The lowest BCUT2D eigenvalue weighted by molar-refractivity contribution is -0.144. The molecule has 114 valence electrons.